The first kappa shape index (κ1) is 34.0. The van der Waals surface area contributed by atoms with E-state index >= 15 is 0 Å². The average Bonchev–Trinajstić information content (AvgIpc) is 3.62. The van der Waals surface area contributed by atoms with Crippen LogP contribution in [-0.4, -0.2) is 79.7 Å². The lowest BCUT2D eigenvalue weighted by Crippen LogP contribution is -2.54. The van der Waals surface area contributed by atoms with Gasteiger partial charge in [-0.1, -0.05) is 81.4 Å². The number of aromatic nitrogens is 1. The van der Waals surface area contributed by atoms with E-state index in [1.165, 1.54) is 5.01 Å². The number of aliphatic hydroxyl groups is 1. The van der Waals surface area contributed by atoms with Crippen LogP contribution in [-0.2, 0) is 37.2 Å². The fraction of sp³-hybridized carbons (Fsp3) is 0.471. The minimum Gasteiger partial charge on any atom is -0.443 e. The van der Waals surface area contributed by atoms with Crippen LogP contribution < -0.4 is 10.1 Å². The normalized spacial score (nSPS) is 21.1. The summed E-state index contributed by atoms with van der Waals surface area (Å²) in [5.41, 5.74) is 2.99. The van der Waals surface area contributed by atoms with E-state index in [1.807, 2.05) is 93.6 Å². The molecule has 1 amide bonds. The SMILES string of the molecule is CC(C)(C)CS(=O)(=O)NN(Cc1ccc(-c2ccccn2)cc1)C[C@H](O)[C@H](Cc1ccccc1)NC(=O)O[C@H]1CO[C@H]2OCC[C@H]21. The molecule has 2 saturated heterocycles. The standard InChI is InChI=1S/C34H44N4O7S/c1-34(2,3)23-46(41,42)37-38(20-25-12-14-26(15-13-25)28-11-7-8-17-35-28)21-30(39)29(19-24-9-5-4-6-10-24)36-33(40)45-31-22-44-32-27(31)16-18-43-32/h4-15,17,27,29-32,37,39H,16,18-23H2,1-3H3,(H,36,40)/t27-,29-,30-,31-,32+/m0/s1. The van der Waals surface area contributed by atoms with Gasteiger partial charge in [0, 0.05) is 24.8 Å². The summed E-state index contributed by atoms with van der Waals surface area (Å²) in [6, 6.07) is 22.0. The number of aliphatic hydroxyl groups excluding tert-OH is 1. The quantitative estimate of drug-likeness (QED) is 0.235. The van der Waals surface area contributed by atoms with E-state index in [9.17, 15) is 18.3 Å². The highest BCUT2D eigenvalue weighted by molar-refractivity contribution is 7.89. The first-order chi connectivity index (χ1) is 21.9. The van der Waals surface area contributed by atoms with Crippen LogP contribution in [0.3, 0.4) is 0 Å². The number of fused-ring (bicyclic) bond motifs is 1. The number of sulfonamides is 1. The Morgan fingerprint density at radius 1 is 1.04 bits per heavy atom. The first-order valence-electron chi connectivity index (χ1n) is 15.6. The van der Waals surface area contributed by atoms with Crippen LogP contribution in [0.25, 0.3) is 11.3 Å². The second-order valence-electron chi connectivity index (χ2n) is 13.2. The first-order valence-corrected chi connectivity index (χ1v) is 17.3. The van der Waals surface area contributed by atoms with Gasteiger partial charge in [-0.25, -0.2) is 18.2 Å². The molecule has 5 rings (SSSR count). The molecule has 3 aromatic rings. The van der Waals surface area contributed by atoms with Crippen molar-refractivity contribution >= 4 is 16.1 Å². The van der Waals surface area contributed by atoms with Gasteiger partial charge in [0.05, 0.1) is 42.7 Å². The number of nitrogens with one attached hydrogen (secondary N) is 2. The van der Waals surface area contributed by atoms with E-state index in [2.05, 4.69) is 15.1 Å². The second-order valence-corrected chi connectivity index (χ2v) is 14.9. The number of benzene rings is 2. The van der Waals surface area contributed by atoms with Crippen molar-refractivity contribution in [3.8, 4) is 11.3 Å². The molecule has 5 atom stereocenters. The van der Waals surface area contributed by atoms with E-state index in [4.69, 9.17) is 14.2 Å². The molecule has 2 fully saturated rings. The number of amides is 1. The lowest BCUT2D eigenvalue weighted by atomic mass is 10.0. The number of alkyl carbamates (subject to hydrolysis) is 1. The molecule has 2 aliphatic rings. The molecule has 0 radical (unpaired) electrons. The summed E-state index contributed by atoms with van der Waals surface area (Å²) < 4.78 is 43.4. The maximum atomic E-state index is 13.2. The summed E-state index contributed by atoms with van der Waals surface area (Å²) in [6.45, 7) is 6.42. The molecule has 2 aliphatic heterocycles. The summed E-state index contributed by atoms with van der Waals surface area (Å²) in [4.78, 5) is 20.2. The number of carbonyl (C=O) groups is 1. The molecule has 0 bridgehead atoms. The number of hydrogen-bond donors (Lipinski definition) is 3. The fourth-order valence-electron chi connectivity index (χ4n) is 5.84. The van der Waals surface area contributed by atoms with Gasteiger partial charge in [-0.2, -0.15) is 0 Å². The summed E-state index contributed by atoms with van der Waals surface area (Å²) in [5, 5.41) is 15.9. The number of pyridine rings is 1. The van der Waals surface area contributed by atoms with Crippen LogP contribution in [0.4, 0.5) is 4.79 Å². The van der Waals surface area contributed by atoms with Gasteiger partial charge < -0.3 is 24.6 Å². The summed E-state index contributed by atoms with van der Waals surface area (Å²) >= 11 is 0. The number of ether oxygens (including phenoxy) is 3. The molecule has 46 heavy (non-hydrogen) atoms. The van der Waals surface area contributed by atoms with Crippen LogP contribution in [0.5, 0.6) is 0 Å². The van der Waals surface area contributed by atoms with Crippen LogP contribution >= 0.6 is 0 Å². The molecule has 11 nitrogen and oxygen atoms in total. The third-order valence-corrected chi connectivity index (χ3v) is 9.68. The van der Waals surface area contributed by atoms with Crippen LogP contribution in [0, 0.1) is 11.3 Å². The molecule has 0 aliphatic carbocycles. The zero-order chi connectivity index (χ0) is 32.7. The van der Waals surface area contributed by atoms with E-state index in [0.29, 0.717) is 13.0 Å². The van der Waals surface area contributed by atoms with Crippen molar-refractivity contribution in [2.75, 3.05) is 25.5 Å². The predicted molar refractivity (Wildman–Crippen MR) is 174 cm³/mol. The lowest BCUT2D eigenvalue weighted by Gasteiger charge is -2.31. The second kappa shape index (κ2) is 15.0. The smallest absolute Gasteiger partial charge is 0.407 e. The number of nitrogens with zero attached hydrogens (tertiary/aromatic N) is 2. The Labute approximate surface area is 271 Å². The molecule has 0 unspecified atom stereocenters. The minimum atomic E-state index is -3.77. The van der Waals surface area contributed by atoms with Gasteiger partial charge in [-0.15, -0.1) is 4.83 Å². The third-order valence-electron chi connectivity index (χ3n) is 7.90. The van der Waals surface area contributed by atoms with Crippen molar-refractivity contribution in [3.63, 3.8) is 0 Å². The van der Waals surface area contributed by atoms with Crippen molar-refractivity contribution in [1.29, 1.82) is 0 Å². The van der Waals surface area contributed by atoms with Gasteiger partial charge in [-0.3, -0.25) is 4.98 Å². The molecule has 2 aromatic carbocycles. The molecule has 248 valence electrons. The zero-order valence-electron chi connectivity index (χ0n) is 26.5. The monoisotopic (exact) mass is 652 g/mol. The van der Waals surface area contributed by atoms with Crippen LogP contribution in [0.1, 0.15) is 38.3 Å². The fourth-order valence-corrected chi connectivity index (χ4v) is 7.58. The summed E-state index contributed by atoms with van der Waals surface area (Å²) in [7, 11) is -3.77. The zero-order valence-corrected chi connectivity index (χ0v) is 27.4. The molecule has 3 heterocycles. The Morgan fingerprint density at radius 3 is 2.48 bits per heavy atom. The third kappa shape index (κ3) is 9.81. The summed E-state index contributed by atoms with van der Waals surface area (Å²) in [6.07, 6.45) is 0.118. The molecule has 12 heteroatoms. The van der Waals surface area contributed by atoms with Gasteiger partial charge in [0.2, 0.25) is 10.0 Å². The van der Waals surface area contributed by atoms with Crippen LogP contribution in [0.15, 0.2) is 79.0 Å². The molecule has 0 spiro atoms. The van der Waals surface area contributed by atoms with Gasteiger partial charge in [0.25, 0.3) is 0 Å². The van der Waals surface area contributed by atoms with Gasteiger partial charge in [-0.05, 0) is 41.5 Å². The average molecular weight is 653 g/mol. The molecule has 0 saturated carbocycles. The van der Waals surface area contributed by atoms with Crippen LogP contribution in [0.2, 0.25) is 0 Å². The van der Waals surface area contributed by atoms with Crippen molar-refractivity contribution in [3.05, 3.63) is 90.1 Å². The Balaban J connectivity index is 1.32. The van der Waals surface area contributed by atoms with E-state index in [1.54, 1.807) is 6.20 Å². The maximum Gasteiger partial charge on any atom is 0.407 e. The van der Waals surface area contributed by atoms with Gasteiger partial charge in [0.15, 0.2) is 6.29 Å². The van der Waals surface area contributed by atoms with Gasteiger partial charge >= 0.3 is 6.09 Å². The number of carbonyl (C=O) groups excluding carboxylic acids is 1. The topological polar surface area (TPSA) is 139 Å². The Kier molecular flexibility index (Phi) is 11.1. The molecular weight excluding hydrogens is 608 g/mol. The highest BCUT2D eigenvalue weighted by Crippen LogP contribution is 2.33. The molecule has 3 N–H and O–H groups in total. The Morgan fingerprint density at radius 2 is 1.78 bits per heavy atom. The Bertz CT molecular complexity index is 1520. The highest BCUT2D eigenvalue weighted by Gasteiger charge is 2.44. The number of hydrazine groups is 1. The van der Waals surface area contributed by atoms with Crippen molar-refractivity contribution in [1.82, 2.24) is 20.1 Å². The Hall–Kier alpha value is -3.39. The predicted octanol–water partition coefficient (Wildman–Crippen LogP) is 3.89. The summed E-state index contributed by atoms with van der Waals surface area (Å²) in [5.74, 6) is -0.140. The largest absolute Gasteiger partial charge is 0.443 e. The lowest BCUT2D eigenvalue weighted by molar-refractivity contribution is -0.0907. The maximum absolute atomic E-state index is 13.2. The molecule has 1 aromatic heterocycles. The number of rotatable bonds is 13. The van der Waals surface area contributed by atoms with E-state index in [0.717, 1.165) is 28.8 Å². The number of hydrogen-bond acceptors (Lipinski definition) is 9. The highest BCUT2D eigenvalue weighted by atomic mass is 32.2. The van der Waals surface area contributed by atoms with Crippen molar-refractivity contribution in [2.24, 2.45) is 11.3 Å². The minimum absolute atomic E-state index is 0.0278. The molecular formula is C34H44N4O7S. The van der Waals surface area contributed by atoms with E-state index in [-0.39, 0.29) is 37.7 Å². The van der Waals surface area contributed by atoms with Crippen molar-refractivity contribution < 1.29 is 32.5 Å². The van der Waals surface area contributed by atoms with Crippen molar-refractivity contribution in [2.45, 2.75) is 64.7 Å². The van der Waals surface area contributed by atoms with Gasteiger partial charge in [0.1, 0.15) is 6.10 Å². The van der Waals surface area contributed by atoms with E-state index < -0.39 is 39.8 Å².